The molecule has 0 aromatic heterocycles. The monoisotopic (exact) mass is 881 g/mol. The minimum absolute atomic E-state index is 0.0523. The van der Waals surface area contributed by atoms with Crippen molar-refractivity contribution in [2.45, 2.75) is 198 Å². The van der Waals surface area contributed by atoms with Gasteiger partial charge in [-0.2, -0.15) is 8.42 Å². The Morgan fingerprint density at radius 3 is 1.61 bits per heavy atom. The maximum atomic E-state index is 12.8. The lowest BCUT2D eigenvalue weighted by atomic mass is 10.00. The molecule has 1 fully saturated rings. The smallest absolute Gasteiger partial charge is 0.306 e. The Hall–Kier alpha value is -2.91. The predicted molar refractivity (Wildman–Crippen MR) is 242 cm³/mol. The van der Waals surface area contributed by atoms with E-state index in [1.165, 1.54) is 38.5 Å². The van der Waals surface area contributed by atoms with Gasteiger partial charge in [-0.05, 0) is 70.6 Å². The average molecular weight is 881 g/mol. The Morgan fingerprint density at radius 1 is 0.574 bits per heavy atom. The van der Waals surface area contributed by atoms with Crippen LogP contribution in [0, 0.1) is 0 Å². The summed E-state index contributed by atoms with van der Waals surface area (Å²) < 4.78 is 54.0. The molecule has 6 atom stereocenters. The molecule has 1 rings (SSSR count). The Bertz CT molecular complexity index is 1400. The zero-order valence-corrected chi connectivity index (χ0v) is 38.1. The highest BCUT2D eigenvalue weighted by Crippen LogP contribution is 2.24. The van der Waals surface area contributed by atoms with Crippen LogP contribution in [0.15, 0.2) is 72.9 Å². The van der Waals surface area contributed by atoms with Crippen molar-refractivity contribution in [3.63, 3.8) is 0 Å². The van der Waals surface area contributed by atoms with Crippen LogP contribution >= 0.6 is 0 Å². The first-order valence-electron chi connectivity index (χ1n) is 23.0. The molecule has 0 aromatic carbocycles. The van der Waals surface area contributed by atoms with Gasteiger partial charge in [0.05, 0.1) is 6.61 Å². The number of hydrogen-bond donors (Lipinski definition) is 4. The summed E-state index contributed by atoms with van der Waals surface area (Å²) in [5, 5.41) is 30.9. The van der Waals surface area contributed by atoms with E-state index >= 15 is 0 Å². The van der Waals surface area contributed by atoms with Crippen molar-refractivity contribution in [1.29, 1.82) is 0 Å². The summed E-state index contributed by atoms with van der Waals surface area (Å²) in [4.78, 5) is 25.4. The SMILES string of the molecule is CC/C=C/C/C=C/C/C=C/C/C=C/CCCCCCCCCC(=O)OCC(CO[C@H]1O[C@H](CS(=O)(=O)O)[C@@H](O)C(O)C1O)OC(=O)CC/C=C/C/C=C/CCCCCCCC. The molecule has 1 aliphatic rings. The van der Waals surface area contributed by atoms with Crippen molar-refractivity contribution < 1.29 is 56.8 Å². The van der Waals surface area contributed by atoms with E-state index in [4.69, 9.17) is 18.9 Å². The summed E-state index contributed by atoms with van der Waals surface area (Å²) >= 11 is 0. The lowest BCUT2D eigenvalue weighted by molar-refractivity contribution is -0.297. The van der Waals surface area contributed by atoms with Crippen molar-refractivity contribution in [1.82, 2.24) is 0 Å². The molecule has 1 saturated heterocycles. The van der Waals surface area contributed by atoms with Gasteiger partial charge < -0.3 is 34.3 Å². The highest BCUT2D eigenvalue weighted by molar-refractivity contribution is 7.85. The third-order valence-electron chi connectivity index (χ3n) is 10.0. The third-order valence-corrected chi connectivity index (χ3v) is 10.8. The molecular formula is C48H80O12S. The maximum Gasteiger partial charge on any atom is 0.306 e. The number of aliphatic hydroxyl groups excluding tert-OH is 3. The van der Waals surface area contributed by atoms with Crippen molar-refractivity contribution >= 4 is 22.1 Å². The Morgan fingerprint density at radius 2 is 1.07 bits per heavy atom. The lowest BCUT2D eigenvalue weighted by Crippen LogP contribution is -2.60. The molecule has 350 valence electrons. The lowest BCUT2D eigenvalue weighted by Gasteiger charge is -2.40. The first kappa shape index (κ1) is 56.1. The number of ether oxygens (including phenoxy) is 4. The summed E-state index contributed by atoms with van der Waals surface area (Å²) in [6.45, 7) is 3.57. The molecule has 1 aliphatic heterocycles. The van der Waals surface area contributed by atoms with Crippen LogP contribution in [0.1, 0.15) is 162 Å². The third kappa shape index (κ3) is 32.4. The molecule has 0 amide bonds. The number of esters is 2. The number of carbonyl (C=O) groups is 2. The Labute approximate surface area is 368 Å². The largest absolute Gasteiger partial charge is 0.462 e. The molecule has 0 saturated carbocycles. The van der Waals surface area contributed by atoms with Gasteiger partial charge in [-0.15, -0.1) is 0 Å². The van der Waals surface area contributed by atoms with Crippen LogP contribution in [-0.4, -0.2) is 96.0 Å². The van der Waals surface area contributed by atoms with E-state index in [0.29, 0.717) is 12.8 Å². The fourth-order valence-corrected chi connectivity index (χ4v) is 7.18. The molecule has 0 aliphatic carbocycles. The van der Waals surface area contributed by atoms with Gasteiger partial charge in [-0.3, -0.25) is 14.1 Å². The van der Waals surface area contributed by atoms with Gasteiger partial charge in [0.15, 0.2) is 12.4 Å². The summed E-state index contributed by atoms with van der Waals surface area (Å²) in [6.07, 6.45) is 38.2. The highest BCUT2D eigenvalue weighted by atomic mass is 32.2. The van der Waals surface area contributed by atoms with Gasteiger partial charge in [-0.25, -0.2) is 0 Å². The molecule has 3 unspecified atom stereocenters. The van der Waals surface area contributed by atoms with Gasteiger partial charge in [0.25, 0.3) is 10.1 Å². The molecule has 4 N–H and O–H groups in total. The number of hydrogen-bond acceptors (Lipinski definition) is 11. The molecular weight excluding hydrogens is 801 g/mol. The van der Waals surface area contributed by atoms with Crippen LogP contribution in [0.4, 0.5) is 0 Å². The van der Waals surface area contributed by atoms with Crippen LogP contribution in [0.2, 0.25) is 0 Å². The highest BCUT2D eigenvalue weighted by Gasteiger charge is 2.46. The fraction of sp³-hybridized carbons (Fsp3) is 0.708. The number of allylic oxidation sites excluding steroid dienone is 12. The quantitative estimate of drug-likeness (QED) is 0.0201. The van der Waals surface area contributed by atoms with Gasteiger partial charge in [0.2, 0.25) is 0 Å². The van der Waals surface area contributed by atoms with Gasteiger partial charge in [0, 0.05) is 12.8 Å². The van der Waals surface area contributed by atoms with Crippen LogP contribution in [-0.2, 0) is 38.7 Å². The van der Waals surface area contributed by atoms with E-state index in [1.54, 1.807) is 0 Å². The normalized spacial score (nSPS) is 20.7. The van der Waals surface area contributed by atoms with Crippen molar-refractivity contribution in [3.8, 4) is 0 Å². The zero-order chi connectivity index (χ0) is 44.8. The van der Waals surface area contributed by atoms with Crippen LogP contribution < -0.4 is 0 Å². The van der Waals surface area contributed by atoms with Gasteiger partial charge >= 0.3 is 11.9 Å². The predicted octanol–water partition coefficient (Wildman–Crippen LogP) is 9.50. The summed E-state index contributed by atoms with van der Waals surface area (Å²) in [6, 6.07) is 0. The molecule has 0 spiro atoms. The standard InChI is InChI=1S/C48H80O12S/c1-3-5-7-9-11-13-15-17-18-19-20-21-22-23-25-26-28-30-32-34-36-43(49)57-38-41(39-58-48-47(53)46(52)45(51)42(60-48)40-61(54,55)56)59-44(50)37-35-33-31-29-27-24-16-14-12-10-8-6-4-2/h5,7,11,13,17-18,20-21,24,27,31,33,41-42,45-48,51-53H,3-4,6,8-10,12,14-16,19,22-23,25-26,28-30,32,34-40H2,1-2H3,(H,54,55,56)/b7-5+,13-11+,18-17+,21-20+,27-24+,33-31+/t41?,42-,45-,46?,47?,48+/m1/s1. The first-order chi connectivity index (χ1) is 29.5. The number of rotatable bonds is 37. The molecule has 0 aromatic rings. The molecule has 12 nitrogen and oxygen atoms in total. The van der Waals surface area contributed by atoms with E-state index in [1.807, 2.05) is 12.2 Å². The van der Waals surface area contributed by atoms with E-state index < -0.39 is 71.2 Å². The summed E-state index contributed by atoms with van der Waals surface area (Å²) in [5.41, 5.74) is 0. The second-order valence-corrected chi connectivity index (χ2v) is 17.2. The Kier molecular flexibility index (Phi) is 34.6. The van der Waals surface area contributed by atoms with Crippen molar-refractivity contribution in [2.24, 2.45) is 0 Å². The summed E-state index contributed by atoms with van der Waals surface area (Å²) in [7, 11) is -4.61. The first-order valence-corrected chi connectivity index (χ1v) is 24.6. The number of unbranched alkanes of at least 4 members (excludes halogenated alkanes) is 13. The van der Waals surface area contributed by atoms with E-state index in [9.17, 15) is 37.9 Å². The molecule has 13 heteroatoms. The number of aliphatic hydroxyl groups is 3. The molecule has 0 bridgehead atoms. The number of carbonyl (C=O) groups excluding carboxylic acids is 2. The second kappa shape index (κ2) is 37.6. The average Bonchev–Trinajstić information content (AvgIpc) is 3.22. The molecule has 0 radical (unpaired) electrons. The van der Waals surface area contributed by atoms with Gasteiger partial charge in [-0.1, -0.05) is 151 Å². The zero-order valence-electron chi connectivity index (χ0n) is 37.2. The van der Waals surface area contributed by atoms with Crippen LogP contribution in [0.25, 0.3) is 0 Å². The Balaban J connectivity index is 2.45. The minimum atomic E-state index is -4.61. The van der Waals surface area contributed by atoms with Crippen molar-refractivity contribution in [3.05, 3.63) is 72.9 Å². The fourth-order valence-electron chi connectivity index (χ4n) is 6.48. The maximum absolute atomic E-state index is 12.8. The van der Waals surface area contributed by atoms with Gasteiger partial charge in [0.1, 0.15) is 36.8 Å². The molecule has 61 heavy (non-hydrogen) atoms. The summed E-state index contributed by atoms with van der Waals surface area (Å²) in [5.74, 6) is -2.09. The van der Waals surface area contributed by atoms with E-state index in [2.05, 4.69) is 74.6 Å². The van der Waals surface area contributed by atoms with Crippen molar-refractivity contribution in [2.75, 3.05) is 19.0 Å². The molecule has 1 heterocycles. The van der Waals surface area contributed by atoms with Crippen LogP contribution in [0.3, 0.4) is 0 Å². The van der Waals surface area contributed by atoms with Crippen LogP contribution in [0.5, 0.6) is 0 Å². The topological polar surface area (TPSA) is 186 Å². The van der Waals surface area contributed by atoms with E-state index in [-0.39, 0.29) is 19.4 Å². The second-order valence-electron chi connectivity index (χ2n) is 15.7. The van der Waals surface area contributed by atoms with E-state index in [0.717, 1.165) is 83.5 Å². The minimum Gasteiger partial charge on any atom is -0.462 e.